The number of nitrogens with one attached hydrogen (secondary N) is 2. The van der Waals surface area contributed by atoms with E-state index in [1.807, 2.05) is 36.4 Å². The number of hydrogen-bond acceptors (Lipinski definition) is 10. The molecule has 4 amide bonds. The monoisotopic (exact) mass is 673 g/mol. The Labute approximate surface area is 288 Å². The average Bonchev–Trinajstić information content (AvgIpc) is 3.32. The van der Waals surface area contributed by atoms with Gasteiger partial charge in [-0.3, -0.25) is 34.2 Å². The molecule has 3 heterocycles. The molecule has 12 nitrogen and oxygen atoms in total. The third kappa shape index (κ3) is 6.31. The minimum Gasteiger partial charge on any atom is -0.490 e. The Hall–Kier alpha value is -5.91. The summed E-state index contributed by atoms with van der Waals surface area (Å²) in [5.41, 5.74) is 3.13. The van der Waals surface area contributed by atoms with Crippen molar-refractivity contribution in [3.8, 4) is 17.4 Å². The fraction of sp³-hybridized carbons (Fsp3) is 0.289. The van der Waals surface area contributed by atoms with Crippen LogP contribution >= 0.6 is 0 Å². The molecule has 1 aliphatic carbocycles. The number of carbonyl (C=O) groups is 5. The van der Waals surface area contributed by atoms with Crippen LogP contribution in [-0.2, 0) is 15.0 Å². The largest absolute Gasteiger partial charge is 0.490 e. The fourth-order valence-corrected chi connectivity index (χ4v) is 6.51. The molecule has 0 bridgehead atoms. The van der Waals surface area contributed by atoms with E-state index in [0.717, 1.165) is 34.6 Å². The maximum absolute atomic E-state index is 13.2. The number of Topliss-reactive ketones (excluding diaryl/α,β-unsaturated/α-hetero) is 1. The quantitative estimate of drug-likeness (QED) is 0.169. The van der Waals surface area contributed by atoms with Crippen molar-refractivity contribution in [3.05, 3.63) is 107 Å². The first-order valence-corrected chi connectivity index (χ1v) is 16.5. The zero-order chi connectivity index (χ0) is 35.2. The summed E-state index contributed by atoms with van der Waals surface area (Å²) in [6, 6.07) is 21.6. The number of fused-ring (bicyclic) bond motifs is 1. The number of anilines is 1. The summed E-state index contributed by atoms with van der Waals surface area (Å²) in [7, 11) is 0. The fourth-order valence-electron chi connectivity index (χ4n) is 6.51. The molecule has 1 atom stereocenters. The zero-order valence-corrected chi connectivity index (χ0v) is 27.8. The predicted molar refractivity (Wildman–Crippen MR) is 181 cm³/mol. The number of imide groups is 2. The first-order chi connectivity index (χ1) is 24.0. The van der Waals surface area contributed by atoms with Crippen LogP contribution < -0.4 is 20.1 Å². The Morgan fingerprint density at radius 3 is 2.20 bits per heavy atom. The smallest absolute Gasteiger partial charge is 0.262 e. The van der Waals surface area contributed by atoms with Crippen LogP contribution in [0, 0.1) is 0 Å². The molecule has 4 aromatic rings. The minimum absolute atomic E-state index is 0.0287. The van der Waals surface area contributed by atoms with Gasteiger partial charge in [0.05, 0.1) is 11.1 Å². The molecule has 1 saturated carbocycles. The van der Waals surface area contributed by atoms with Crippen LogP contribution in [0.1, 0.15) is 88.9 Å². The van der Waals surface area contributed by atoms with E-state index in [9.17, 15) is 24.0 Å². The third-order valence-corrected chi connectivity index (χ3v) is 9.53. The van der Waals surface area contributed by atoms with Crippen LogP contribution in [0.5, 0.6) is 17.4 Å². The molecule has 7 rings (SSSR count). The summed E-state index contributed by atoms with van der Waals surface area (Å²) in [6.45, 7) is 5.71. The molecular formula is C38H35N5O7. The number of ether oxygens (including phenoxy) is 2. The molecular weight excluding hydrogens is 638 g/mol. The van der Waals surface area contributed by atoms with Crippen molar-refractivity contribution < 1.29 is 33.4 Å². The topological polar surface area (TPSA) is 157 Å². The highest BCUT2D eigenvalue weighted by Gasteiger charge is 2.44. The number of piperidine rings is 1. The Balaban J connectivity index is 0.917. The highest BCUT2D eigenvalue weighted by atomic mass is 16.5. The van der Waals surface area contributed by atoms with E-state index in [-0.39, 0.29) is 53.1 Å². The lowest BCUT2D eigenvalue weighted by Gasteiger charge is -2.36. The molecule has 0 spiro atoms. The molecule has 2 N–H and O–H groups in total. The third-order valence-electron chi connectivity index (χ3n) is 9.53. The molecule has 1 saturated heterocycles. The van der Waals surface area contributed by atoms with Crippen molar-refractivity contribution in [1.82, 2.24) is 20.2 Å². The first-order valence-electron chi connectivity index (χ1n) is 16.5. The summed E-state index contributed by atoms with van der Waals surface area (Å²) in [5, 5.41) is 5.64. The van der Waals surface area contributed by atoms with Crippen LogP contribution in [0.3, 0.4) is 0 Å². The Morgan fingerprint density at radius 1 is 0.880 bits per heavy atom. The van der Waals surface area contributed by atoms with Gasteiger partial charge in [-0.15, -0.1) is 0 Å². The predicted octanol–water partition coefficient (Wildman–Crippen LogP) is 5.22. The number of rotatable bonds is 10. The number of aromatic nitrogens is 2. The van der Waals surface area contributed by atoms with Gasteiger partial charge in [-0.05, 0) is 60.0 Å². The summed E-state index contributed by atoms with van der Waals surface area (Å²) >= 11 is 0. The van der Waals surface area contributed by atoms with E-state index < -0.39 is 29.7 Å². The molecule has 0 radical (unpaired) electrons. The van der Waals surface area contributed by atoms with Gasteiger partial charge in [0.15, 0.2) is 11.6 Å². The Kier molecular flexibility index (Phi) is 8.38. The van der Waals surface area contributed by atoms with Gasteiger partial charge < -0.3 is 14.8 Å². The summed E-state index contributed by atoms with van der Waals surface area (Å²) in [4.78, 5) is 70.7. The number of hydrogen-bond donors (Lipinski definition) is 2. The van der Waals surface area contributed by atoms with Crippen molar-refractivity contribution in [2.75, 3.05) is 5.32 Å². The Morgan fingerprint density at radius 2 is 1.54 bits per heavy atom. The summed E-state index contributed by atoms with van der Waals surface area (Å²) < 4.78 is 12.1. The SMILES string of the molecule is CC(=O)c1nccc(Oc2ccc(C(C)(C)c3ccc(O[C@H]4C[C@H](Nc5ccc6c(c5)C(=O)N(C5CCC(=O)NC5=O)C6=O)C4)cc3)cc2)n1. The van der Waals surface area contributed by atoms with Gasteiger partial charge in [-0.1, -0.05) is 38.1 Å². The first kappa shape index (κ1) is 32.6. The maximum Gasteiger partial charge on any atom is 0.262 e. The van der Waals surface area contributed by atoms with Crippen LogP contribution in [0.25, 0.3) is 0 Å². The highest BCUT2D eigenvalue weighted by Crippen LogP contribution is 2.36. The van der Waals surface area contributed by atoms with E-state index in [2.05, 4.69) is 46.6 Å². The average molecular weight is 674 g/mol. The van der Waals surface area contributed by atoms with Crippen molar-refractivity contribution in [1.29, 1.82) is 0 Å². The molecule has 3 aliphatic rings. The molecule has 2 fully saturated rings. The molecule has 254 valence electrons. The van der Waals surface area contributed by atoms with Crippen molar-refractivity contribution in [2.24, 2.45) is 0 Å². The number of ketones is 1. The highest BCUT2D eigenvalue weighted by molar-refractivity contribution is 6.23. The van der Waals surface area contributed by atoms with E-state index in [0.29, 0.717) is 17.3 Å². The molecule has 12 heteroatoms. The van der Waals surface area contributed by atoms with Crippen LogP contribution in [0.4, 0.5) is 5.69 Å². The lowest BCUT2D eigenvalue weighted by molar-refractivity contribution is -0.136. The van der Waals surface area contributed by atoms with E-state index in [1.165, 1.54) is 13.1 Å². The number of benzene rings is 3. The standard InChI is InChI=1S/C38H35N5O7/c1-21(44)34-39-17-16-33(42-34)50-27-11-6-23(7-12-27)38(2,3)22-4-9-26(10-5-22)49-28-18-25(19-28)40-24-8-13-29-30(20-24)37(48)43(36(29)47)31-14-15-32(45)41-35(31)46/h4-13,16-17,20,25,28,31,40H,14-15,18-19H2,1-3H3,(H,41,45,46)/t25-,28-,31?. The second-order valence-corrected chi connectivity index (χ2v) is 13.3. The van der Waals surface area contributed by atoms with Crippen molar-refractivity contribution >= 4 is 35.1 Å². The Bertz CT molecular complexity index is 2020. The molecule has 1 aromatic heterocycles. The van der Waals surface area contributed by atoms with Crippen molar-refractivity contribution in [3.63, 3.8) is 0 Å². The molecule has 1 unspecified atom stereocenters. The summed E-state index contributed by atoms with van der Waals surface area (Å²) in [6.07, 6.45) is 3.25. The lowest BCUT2D eigenvalue weighted by atomic mass is 9.78. The van der Waals surface area contributed by atoms with Gasteiger partial charge >= 0.3 is 0 Å². The molecule has 2 aliphatic heterocycles. The normalized spacial score (nSPS) is 20.1. The van der Waals surface area contributed by atoms with E-state index in [1.54, 1.807) is 24.3 Å². The second kappa shape index (κ2) is 12.8. The minimum atomic E-state index is -0.992. The van der Waals surface area contributed by atoms with Gasteiger partial charge in [0.25, 0.3) is 11.8 Å². The van der Waals surface area contributed by atoms with Crippen LogP contribution in [0.15, 0.2) is 79.0 Å². The zero-order valence-electron chi connectivity index (χ0n) is 27.8. The second-order valence-electron chi connectivity index (χ2n) is 13.3. The van der Waals surface area contributed by atoms with E-state index >= 15 is 0 Å². The molecule has 50 heavy (non-hydrogen) atoms. The molecule has 3 aromatic carbocycles. The van der Waals surface area contributed by atoms with Gasteiger partial charge in [0.1, 0.15) is 23.6 Å². The van der Waals surface area contributed by atoms with Gasteiger partial charge in [0, 0.05) is 55.6 Å². The number of carbonyl (C=O) groups excluding carboxylic acids is 5. The maximum atomic E-state index is 13.2. The number of amides is 4. The van der Waals surface area contributed by atoms with E-state index in [4.69, 9.17) is 9.47 Å². The van der Waals surface area contributed by atoms with Crippen LogP contribution in [0.2, 0.25) is 0 Å². The number of nitrogens with zero attached hydrogens (tertiary/aromatic N) is 3. The van der Waals surface area contributed by atoms with Gasteiger partial charge in [-0.2, -0.15) is 4.98 Å². The summed E-state index contributed by atoms with van der Waals surface area (Å²) in [5.74, 6) is -0.519. The van der Waals surface area contributed by atoms with Crippen LogP contribution in [-0.4, -0.2) is 62.5 Å². The van der Waals surface area contributed by atoms with Gasteiger partial charge in [0.2, 0.25) is 17.7 Å². The van der Waals surface area contributed by atoms with Crippen molar-refractivity contribution in [2.45, 2.75) is 70.1 Å². The van der Waals surface area contributed by atoms with Gasteiger partial charge in [-0.25, -0.2) is 4.98 Å². The lowest BCUT2D eigenvalue weighted by Crippen LogP contribution is -2.54.